The standard InChI is InChI=1S/C15H28N4O/c1-6-13-10-19(8-7-18(13)5)14-17-12(11-20-14)9-16-15(2,3)4/h11,13,16H,6-10H2,1-5H3. The van der Waals surface area contributed by atoms with Crippen LogP contribution in [0.5, 0.6) is 0 Å². The van der Waals surface area contributed by atoms with Gasteiger partial charge in [0.15, 0.2) is 0 Å². The lowest BCUT2D eigenvalue weighted by Crippen LogP contribution is -2.51. The largest absolute Gasteiger partial charge is 0.432 e. The summed E-state index contributed by atoms with van der Waals surface area (Å²) in [6, 6.07) is 1.36. The molecule has 0 amide bonds. The number of aromatic nitrogens is 1. The van der Waals surface area contributed by atoms with Crippen molar-refractivity contribution in [2.75, 3.05) is 31.6 Å². The van der Waals surface area contributed by atoms with Crippen LogP contribution in [0.25, 0.3) is 0 Å². The molecule has 1 aromatic heterocycles. The molecule has 1 N–H and O–H groups in total. The predicted molar refractivity (Wildman–Crippen MR) is 82.0 cm³/mol. The Bertz CT molecular complexity index is 424. The highest BCUT2D eigenvalue weighted by Gasteiger charge is 2.25. The second-order valence-electron chi connectivity index (χ2n) is 6.71. The molecule has 5 nitrogen and oxygen atoms in total. The molecule has 0 aromatic carbocycles. The summed E-state index contributed by atoms with van der Waals surface area (Å²) in [5.41, 5.74) is 1.07. The number of hydrogen-bond acceptors (Lipinski definition) is 5. The third-order valence-corrected chi connectivity index (χ3v) is 3.86. The zero-order valence-electron chi connectivity index (χ0n) is 13.4. The number of rotatable bonds is 4. The summed E-state index contributed by atoms with van der Waals surface area (Å²) < 4.78 is 5.65. The van der Waals surface area contributed by atoms with Crippen LogP contribution in [0.15, 0.2) is 10.7 Å². The first kappa shape index (κ1) is 15.3. The van der Waals surface area contributed by atoms with Gasteiger partial charge in [-0.2, -0.15) is 4.98 Å². The number of likely N-dealkylation sites (N-methyl/N-ethyl adjacent to an activating group) is 1. The fourth-order valence-corrected chi connectivity index (χ4v) is 2.44. The summed E-state index contributed by atoms with van der Waals surface area (Å²) in [5.74, 6) is 0. The molecule has 0 saturated carbocycles. The number of oxazole rings is 1. The van der Waals surface area contributed by atoms with Crippen molar-refractivity contribution in [3.63, 3.8) is 0 Å². The van der Waals surface area contributed by atoms with Crippen molar-refractivity contribution in [2.45, 2.75) is 52.2 Å². The molecule has 20 heavy (non-hydrogen) atoms. The maximum Gasteiger partial charge on any atom is 0.297 e. The Morgan fingerprint density at radius 2 is 2.15 bits per heavy atom. The SMILES string of the molecule is CCC1CN(c2nc(CNC(C)(C)C)co2)CCN1C. The fraction of sp³-hybridized carbons (Fsp3) is 0.800. The molecule has 0 aliphatic carbocycles. The molecule has 5 heteroatoms. The van der Waals surface area contributed by atoms with E-state index in [-0.39, 0.29) is 5.54 Å². The van der Waals surface area contributed by atoms with E-state index in [1.54, 1.807) is 6.26 Å². The highest BCUT2D eigenvalue weighted by Crippen LogP contribution is 2.19. The quantitative estimate of drug-likeness (QED) is 0.915. The van der Waals surface area contributed by atoms with Gasteiger partial charge < -0.3 is 14.6 Å². The predicted octanol–water partition coefficient (Wildman–Crippen LogP) is 2.09. The van der Waals surface area contributed by atoms with Gasteiger partial charge >= 0.3 is 0 Å². The van der Waals surface area contributed by atoms with E-state index in [0.29, 0.717) is 6.04 Å². The van der Waals surface area contributed by atoms with E-state index in [1.165, 1.54) is 0 Å². The first-order valence-corrected chi connectivity index (χ1v) is 7.53. The van der Waals surface area contributed by atoms with E-state index >= 15 is 0 Å². The minimum Gasteiger partial charge on any atom is -0.432 e. The van der Waals surface area contributed by atoms with Gasteiger partial charge in [-0.3, -0.25) is 4.90 Å². The molecule has 1 aliphatic rings. The van der Waals surface area contributed by atoms with Crippen LogP contribution in [-0.2, 0) is 6.54 Å². The van der Waals surface area contributed by atoms with E-state index < -0.39 is 0 Å². The lowest BCUT2D eigenvalue weighted by atomic mass is 10.1. The molecule has 1 fully saturated rings. The second-order valence-corrected chi connectivity index (χ2v) is 6.71. The number of nitrogens with one attached hydrogen (secondary N) is 1. The first-order chi connectivity index (χ1) is 9.39. The topological polar surface area (TPSA) is 44.5 Å². The molecule has 1 atom stereocenters. The van der Waals surface area contributed by atoms with Gasteiger partial charge in [0.1, 0.15) is 6.26 Å². The van der Waals surface area contributed by atoms with Crippen LogP contribution in [0, 0.1) is 0 Å². The number of nitrogens with zero attached hydrogens (tertiary/aromatic N) is 3. The molecule has 1 saturated heterocycles. The monoisotopic (exact) mass is 280 g/mol. The van der Waals surface area contributed by atoms with E-state index in [0.717, 1.165) is 44.3 Å². The van der Waals surface area contributed by atoms with Crippen LogP contribution < -0.4 is 10.2 Å². The van der Waals surface area contributed by atoms with Crippen molar-refractivity contribution in [3.05, 3.63) is 12.0 Å². The summed E-state index contributed by atoms with van der Waals surface area (Å²) in [6.07, 6.45) is 2.93. The second kappa shape index (κ2) is 6.14. The van der Waals surface area contributed by atoms with Gasteiger partial charge in [-0.15, -0.1) is 0 Å². The molecule has 0 bridgehead atoms. The van der Waals surface area contributed by atoms with Crippen molar-refractivity contribution in [2.24, 2.45) is 0 Å². The van der Waals surface area contributed by atoms with E-state index in [1.807, 2.05) is 0 Å². The Hall–Kier alpha value is -1.07. The van der Waals surface area contributed by atoms with Crippen molar-refractivity contribution in [1.29, 1.82) is 0 Å². The maximum atomic E-state index is 5.65. The van der Waals surface area contributed by atoms with Crippen molar-refractivity contribution in [3.8, 4) is 0 Å². The van der Waals surface area contributed by atoms with E-state index in [4.69, 9.17) is 4.42 Å². The number of piperazine rings is 1. The first-order valence-electron chi connectivity index (χ1n) is 7.53. The molecular weight excluding hydrogens is 252 g/mol. The molecule has 2 rings (SSSR count). The van der Waals surface area contributed by atoms with Gasteiger partial charge in [0.05, 0.1) is 5.69 Å². The van der Waals surface area contributed by atoms with Crippen LogP contribution in [0.3, 0.4) is 0 Å². The van der Waals surface area contributed by atoms with Gasteiger partial charge in [-0.25, -0.2) is 0 Å². The van der Waals surface area contributed by atoms with E-state index in [2.05, 4.69) is 54.8 Å². The average Bonchev–Trinajstić information content (AvgIpc) is 2.85. The molecule has 1 unspecified atom stereocenters. The van der Waals surface area contributed by atoms with E-state index in [9.17, 15) is 0 Å². The summed E-state index contributed by atoms with van der Waals surface area (Å²) in [4.78, 5) is 9.29. The third kappa shape index (κ3) is 3.96. The highest BCUT2D eigenvalue weighted by molar-refractivity contribution is 5.28. The normalized spacial score (nSPS) is 21.4. The lowest BCUT2D eigenvalue weighted by Gasteiger charge is -2.38. The Kier molecular flexibility index (Phi) is 4.70. The molecule has 0 spiro atoms. The maximum absolute atomic E-state index is 5.65. The molecular formula is C15H28N4O. The zero-order chi connectivity index (χ0) is 14.8. The minimum absolute atomic E-state index is 0.0975. The van der Waals surface area contributed by atoms with Crippen LogP contribution in [-0.4, -0.2) is 48.1 Å². The average molecular weight is 280 g/mol. The smallest absolute Gasteiger partial charge is 0.297 e. The summed E-state index contributed by atoms with van der Waals surface area (Å²) in [6.45, 7) is 12.5. The van der Waals surface area contributed by atoms with Gasteiger partial charge in [-0.1, -0.05) is 6.92 Å². The van der Waals surface area contributed by atoms with Crippen LogP contribution >= 0.6 is 0 Å². The van der Waals surface area contributed by atoms with Crippen LogP contribution in [0.1, 0.15) is 39.8 Å². The molecule has 2 heterocycles. The number of anilines is 1. The minimum atomic E-state index is 0.0975. The summed E-state index contributed by atoms with van der Waals surface area (Å²) in [7, 11) is 2.19. The van der Waals surface area contributed by atoms with Gasteiger partial charge in [-0.05, 0) is 34.2 Å². The summed E-state index contributed by atoms with van der Waals surface area (Å²) in [5, 5.41) is 3.43. The van der Waals surface area contributed by atoms with Crippen LogP contribution in [0.4, 0.5) is 6.01 Å². The van der Waals surface area contributed by atoms with Crippen molar-refractivity contribution < 1.29 is 4.42 Å². The van der Waals surface area contributed by atoms with Gasteiger partial charge in [0.2, 0.25) is 0 Å². The fourth-order valence-electron chi connectivity index (χ4n) is 2.44. The lowest BCUT2D eigenvalue weighted by molar-refractivity contribution is 0.209. The van der Waals surface area contributed by atoms with Gasteiger partial charge in [0, 0.05) is 37.8 Å². The zero-order valence-corrected chi connectivity index (χ0v) is 13.4. The Labute approximate surface area is 122 Å². The molecule has 114 valence electrons. The third-order valence-electron chi connectivity index (χ3n) is 3.86. The van der Waals surface area contributed by atoms with Crippen molar-refractivity contribution >= 4 is 6.01 Å². The number of hydrogen-bond donors (Lipinski definition) is 1. The Morgan fingerprint density at radius 1 is 1.40 bits per heavy atom. The summed E-state index contributed by atoms with van der Waals surface area (Å²) >= 11 is 0. The van der Waals surface area contributed by atoms with Crippen LogP contribution in [0.2, 0.25) is 0 Å². The Morgan fingerprint density at radius 3 is 2.80 bits per heavy atom. The Balaban J connectivity index is 1.95. The van der Waals surface area contributed by atoms with Gasteiger partial charge in [0.25, 0.3) is 6.01 Å². The molecule has 1 aliphatic heterocycles. The molecule has 1 aromatic rings. The highest BCUT2D eigenvalue weighted by atomic mass is 16.4. The van der Waals surface area contributed by atoms with Crippen molar-refractivity contribution in [1.82, 2.24) is 15.2 Å². The molecule has 0 radical (unpaired) electrons.